The minimum atomic E-state index is 0.454. The summed E-state index contributed by atoms with van der Waals surface area (Å²) < 4.78 is 16.5. The molecule has 0 amide bonds. The molecule has 0 aliphatic heterocycles. The van der Waals surface area contributed by atoms with E-state index in [-0.39, 0.29) is 0 Å². The Kier molecular flexibility index (Phi) is 6.07. The Bertz CT molecular complexity index is 1220. The summed E-state index contributed by atoms with van der Waals surface area (Å²) >= 11 is 12.8. The van der Waals surface area contributed by atoms with E-state index in [4.69, 9.17) is 42.4 Å². The number of benzene rings is 3. The predicted octanol–water partition coefficient (Wildman–Crippen LogP) is 6.74. The van der Waals surface area contributed by atoms with Crippen molar-refractivity contribution in [1.82, 2.24) is 9.97 Å². The quantitative estimate of drug-likeness (QED) is 0.350. The zero-order valence-electron chi connectivity index (χ0n) is 17.2. The van der Waals surface area contributed by atoms with Gasteiger partial charge in [0.1, 0.15) is 11.6 Å². The highest BCUT2D eigenvalue weighted by Gasteiger charge is 2.21. The van der Waals surface area contributed by atoms with Gasteiger partial charge in [0.25, 0.3) is 0 Å². The third-order valence-corrected chi connectivity index (χ3v) is 5.75. The number of nitrogens with one attached hydrogen (secondary N) is 1. The molecule has 0 unspecified atom stereocenters. The van der Waals surface area contributed by atoms with E-state index in [0.717, 1.165) is 28.1 Å². The highest BCUT2D eigenvalue weighted by molar-refractivity contribution is 6.43. The van der Waals surface area contributed by atoms with Crippen LogP contribution in [0, 0.1) is 0 Å². The van der Waals surface area contributed by atoms with Crippen LogP contribution in [0.4, 0.5) is 0 Å². The van der Waals surface area contributed by atoms with Gasteiger partial charge in [-0.3, -0.25) is 0 Å². The second-order valence-corrected chi connectivity index (χ2v) is 7.47. The molecule has 0 aliphatic rings. The van der Waals surface area contributed by atoms with Gasteiger partial charge in [0.05, 0.1) is 48.3 Å². The van der Waals surface area contributed by atoms with E-state index in [0.29, 0.717) is 33.1 Å². The van der Waals surface area contributed by atoms with Crippen LogP contribution >= 0.6 is 23.2 Å². The van der Waals surface area contributed by atoms with Crippen LogP contribution in [0.5, 0.6) is 17.2 Å². The van der Waals surface area contributed by atoms with Crippen LogP contribution in [0.3, 0.4) is 0 Å². The van der Waals surface area contributed by atoms with Crippen molar-refractivity contribution in [3.8, 4) is 51.2 Å². The molecule has 0 radical (unpaired) electrons. The molecule has 0 saturated carbocycles. The van der Waals surface area contributed by atoms with Gasteiger partial charge in [0.15, 0.2) is 11.5 Å². The average molecular weight is 455 g/mol. The zero-order chi connectivity index (χ0) is 22.0. The third-order valence-electron chi connectivity index (χ3n) is 4.93. The molecular formula is C24H20Cl2N2O3. The summed E-state index contributed by atoms with van der Waals surface area (Å²) in [5, 5.41) is 0.925. The fourth-order valence-corrected chi connectivity index (χ4v) is 3.81. The van der Waals surface area contributed by atoms with Crippen molar-refractivity contribution in [2.75, 3.05) is 21.3 Å². The van der Waals surface area contributed by atoms with E-state index < -0.39 is 0 Å². The van der Waals surface area contributed by atoms with Gasteiger partial charge in [-0.1, -0.05) is 65.7 Å². The van der Waals surface area contributed by atoms with Crippen LogP contribution < -0.4 is 14.2 Å². The van der Waals surface area contributed by atoms with Gasteiger partial charge >= 0.3 is 0 Å². The Labute approximate surface area is 190 Å². The largest absolute Gasteiger partial charge is 0.496 e. The number of hydrogen-bond donors (Lipinski definition) is 1. The first-order chi connectivity index (χ1) is 15.1. The molecule has 3 aromatic carbocycles. The highest BCUT2D eigenvalue weighted by Crippen LogP contribution is 2.43. The fourth-order valence-electron chi connectivity index (χ4n) is 3.41. The smallest absolute Gasteiger partial charge is 0.164 e. The summed E-state index contributed by atoms with van der Waals surface area (Å²) in [5.41, 5.74) is 3.92. The van der Waals surface area contributed by atoms with E-state index in [1.807, 2.05) is 48.5 Å². The number of H-pyrrole nitrogens is 1. The molecule has 0 atom stereocenters. The van der Waals surface area contributed by atoms with E-state index in [2.05, 4.69) is 4.98 Å². The molecule has 1 heterocycles. The number of imidazole rings is 1. The van der Waals surface area contributed by atoms with Gasteiger partial charge in [-0.25, -0.2) is 4.98 Å². The molecule has 1 N–H and O–H groups in total. The lowest BCUT2D eigenvalue weighted by atomic mass is 10.1. The fraction of sp³-hybridized carbons (Fsp3) is 0.125. The number of methoxy groups -OCH3 is 3. The summed E-state index contributed by atoms with van der Waals surface area (Å²) in [4.78, 5) is 8.32. The van der Waals surface area contributed by atoms with Crippen LogP contribution in [-0.4, -0.2) is 31.3 Å². The van der Waals surface area contributed by atoms with Gasteiger partial charge in [-0.15, -0.1) is 0 Å². The van der Waals surface area contributed by atoms with E-state index in [9.17, 15) is 0 Å². The van der Waals surface area contributed by atoms with Crippen molar-refractivity contribution in [3.63, 3.8) is 0 Å². The molecule has 4 aromatic rings. The van der Waals surface area contributed by atoms with Crippen LogP contribution in [0.15, 0.2) is 60.7 Å². The molecule has 0 bridgehead atoms. The molecule has 0 spiro atoms. The topological polar surface area (TPSA) is 56.4 Å². The van der Waals surface area contributed by atoms with Crippen molar-refractivity contribution in [2.24, 2.45) is 0 Å². The van der Waals surface area contributed by atoms with Gasteiger partial charge in [-0.2, -0.15) is 0 Å². The van der Waals surface area contributed by atoms with Crippen molar-refractivity contribution >= 4 is 23.2 Å². The maximum atomic E-state index is 6.55. The molecule has 7 heteroatoms. The molecule has 4 rings (SSSR count). The van der Waals surface area contributed by atoms with Crippen LogP contribution in [0.1, 0.15) is 0 Å². The number of halogens is 2. The highest BCUT2D eigenvalue weighted by atomic mass is 35.5. The van der Waals surface area contributed by atoms with Gasteiger partial charge in [-0.05, 0) is 12.1 Å². The maximum absolute atomic E-state index is 6.55. The summed E-state index contributed by atoms with van der Waals surface area (Å²) in [6.45, 7) is 0. The van der Waals surface area contributed by atoms with Crippen LogP contribution in [0.2, 0.25) is 10.0 Å². The Balaban J connectivity index is 1.98. The molecule has 31 heavy (non-hydrogen) atoms. The van der Waals surface area contributed by atoms with Gasteiger partial charge < -0.3 is 19.2 Å². The minimum absolute atomic E-state index is 0.454. The number of hydrogen-bond acceptors (Lipinski definition) is 4. The first-order valence-corrected chi connectivity index (χ1v) is 10.2. The second-order valence-electron chi connectivity index (χ2n) is 6.68. The van der Waals surface area contributed by atoms with Gasteiger partial charge in [0.2, 0.25) is 0 Å². The molecule has 1 aromatic heterocycles. The first-order valence-electron chi connectivity index (χ1n) is 9.47. The lowest BCUT2D eigenvalue weighted by molar-refractivity contribution is 0.349. The van der Waals surface area contributed by atoms with Gasteiger partial charge in [0, 0.05) is 17.2 Å². The van der Waals surface area contributed by atoms with E-state index in [1.165, 1.54) is 0 Å². The Morgan fingerprint density at radius 3 is 2.10 bits per heavy atom. The SMILES string of the molecule is COc1cc(OC)c(-c2nc(-c3ccccc3)c(-c3cccc(Cl)c3Cl)[nH]2)cc1OC. The number of ether oxygens (including phenoxy) is 3. The molecule has 5 nitrogen and oxygen atoms in total. The summed E-state index contributed by atoms with van der Waals surface area (Å²) in [5.74, 6) is 2.33. The summed E-state index contributed by atoms with van der Waals surface area (Å²) in [7, 11) is 4.76. The van der Waals surface area contributed by atoms with Crippen molar-refractivity contribution in [2.45, 2.75) is 0 Å². The average Bonchev–Trinajstić information content (AvgIpc) is 3.25. The van der Waals surface area contributed by atoms with E-state index in [1.54, 1.807) is 33.5 Å². The maximum Gasteiger partial charge on any atom is 0.164 e. The van der Waals surface area contributed by atoms with Crippen LogP contribution in [0.25, 0.3) is 33.9 Å². The standard InChI is InChI=1S/C24H20Cl2N2O3/c1-29-18-13-20(31-3)19(30-2)12-16(18)24-27-22(14-8-5-4-6-9-14)23(28-24)15-10-7-11-17(25)21(15)26/h4-13H,1-3H3,(H,27,28). The number of rotatable bonds is 6. The Hall–Kier alpha value is -3.15. The zero-order valence-corrected chi connectivity index (χ0v) is 18.7. The molecule has 0 saturated heterocycles. The molecule has 0 fully saturated rings. The van der Waals surface area contributed by atoms with Crippen molar-refractivity contribution in [1.29, 1.82) is 0 Å². The van der Waals surface area contributed by atoms with E-state index >= 15 is 0 Å². The normalized spacial score (nSPS) is 10.7. The summed E-state index contributed by atoms with van der Waals surface area (Å²) in [6.07, 6.45) is 0. The molecule has 0 aliphatic carbocycles. The Morgan fingerprint density at radius 1 is 0.742 bits per heavy atom. The lowest BCUT2D eigenvalue weighted by Crippen LogP contribution is -1.95. The number of aromatic nitrogens is 2. The number of nitrogens with zero attached hydrogens (tertiary/aromatic N) is 1. The van der Waals surface area contributed by atoms with Crippen molar-refractivity contribution < 1.29 is 14.2 Å². The lowest BCUT2D eigenvalue weighted by Gasteiger charge is -2.12. The summed E-state index contributed by atoms with van der Waals surface area (Å²) in [6, 6.07) is 19.0. The number of aromatic amines is 1. The van der Waals surface area contributed by atoms with Crippen LogP contribution in [-0.2, 0) is 0 Å². The predicted molar refractivity (Wildman–Crippen MR) is 125 cm³/mol. The molecular weight excluding hydrogens is 435 g/mol. The monoisotopic (exact) mass is 454 g/mol. The molecule has 158 valence electrons. The van der Waals surface area contributed by atoms with Crippen molar-refractivity contribution in [3.05, 3.63) is 70.7 Å². The second kappa shape index (κ2) is 8.92. The third kappa shape index (κ3) is 3.94. The minimum Gasteiger partial charge on any atom is -0.496 e. The first kappa shape index (κ1) is 21.1. The Morgan fingerprint density at radius 2 is 1.42 bits per heavy atom.